The highest BCUT2D eigenvalue weighted by molar-refractivity contribution is 5.75. The molecular weight excluding hydrogens is 308 g/mol. The maximum atomic E-state index is 12.5. The molecular formula is C18H22N2O4. The number of carbonyl (C=O) groups excluding carboxylic acids is 1. The van der Waals surface area contributed by atoms with Gasteiger partial charge in [-0.15, -0.1) is 0 Å². The molecule has 1 aliphatic rings. The molecule has 128 valence electrons. The normalized spacial score (nSPS) is 16.9. The zero-order chi connectivity index (χ0) is 16.9. The van der Waals surface area contributed by atoms with Crippen LogP contribution in [0.1, 0.15) is 30.2 Å². The Labute approximate surface area is 141 Å². The molecule has 1 N–H and O–H groups in total. The van der Waals surface area contributed by atoms with E-state index in [4.69, 9.17) is 13.9 Å². The molecule has 0 saturated carbocycles. The highest BCUT2D eigenvalue weighted by Crippen LogP contribution is 2.36. The van der Waals surface area contributed by atoms with Crippen molar-refractivity contribution in [3.63, 3.8) is 0 Å². The molecule has 1 aromatic heterocycles. The maximum Gasteiger partial charge on any atom is 0.318 e. The van der Waals surface area contributed by atoms with Gasteiger partial charge >= 0.3 is 6.03 Å². The van der Waals surface area contributed by atoms with Crippen LogP contribution in [0.4, 0.5) is 4.79 Å². The van der Waals surface area contributed by atoms with E-state index in [9.17, 15) is 4.79 Å². The van der Waals surface area contributed by atoms with Crippen molar-refractivity contribution in [1.29, 1.82) is 0 Å². The van der Waals surface area contributed by atoms with E-state index in [1.807, 2.05) is 35.2 Å². The third-order valence-electron chi connectivity index (χ3n) is 4.30. The fourth-order valence-corrected chi connectivity index (χ4v) is 3.09. The number of carbonyl (C=O) groups is 1. The molecule has 0 unspecified atom stereocenters. The van der Waals surface area contributed by atoms with E-state index in [0.717, 1.165) is 30.7 Å². The van der Waals surface area contributed by atoms with Gasteiger partial charge in [0.2, 0.25) is 0 Å². The van der Waals surface area contributed by atoms with Crippen molar-refractivity contribution in [3.05, 3.63) is 47.9 Å². The van der Waals surface area contributed by atoms with E-state index in [-0.39, 0.29) is 12.1 Å². The van der Waals surface area contributed by atoms with Crippen molar-refractivity contribution in [2.75, 3.05) is 20.8 Å². The number of amides is 2. The van der Waals surface area contributed by atoms with E-state index in [2.05, 4.69) is 5.32 Å². The van der Waals surface area contributed by atoms with Gasteiger partial charge in [0, 0.05) is 6.54 Å². The van der Waals surface area contributed by atoms with Crippen LogP contribution >= 0.6 is 0 Å². The Balaban J connectivity index is 1.71. The third-order valence-corrected chi connectivity index (χ3v) is 4.30. The highest BCUT2D eigenvalue weighted by atomic mass is 16.5. The van der Waals surface area contributed by atoms with Crippen LogP contribution in [0.25, 0.3) is 0 Å². The Morgan fingerprint density at radius 2 is 2.12 bits per heavy atom. The van der Waals surface area contributed by atoms with Gasteiger partial charge in [0.05, 0.1) is 33.1 Å². The molecule has 0 bridgehead atoms. The van der Waals surface area contributed by atoms with Crippen LogP contribution in [0.5, 0.6) is 11.5 Å². The monoisotopic (exact) mass is 330 g/mol. The zero-order valence-electron chi connectivity index (χ0n) is 14.0. The van der Waals surface area contributed by atoms with Crippen LogP contribution in [0.15, 0.2) is 41.0 Å². The molecule has 3 rings (SSSR count). The van der Waals surface area contributed by atoms with E-state index in [1.165, 1.54) is 0 Å². The Hall–Kier alpha value is -2.63. The second kappa shape index (κ2) is 7.29. The van der Waals surface area contributed by atoms with E-state index in [0.29, 0.717) is 18.0 Å². The molecule has 1 atom stereocenters. The Kier molecular flexibility index (Phi) is 4.93. The van der Waals surface area contributed by atoms with Crippen molar-refractivity contribution in [2.45, 2.75) is 25.4 Å². The minimum absolute atomic E-state index is 0.0430. The van der Waals surface area contributed by atoms with Gasteiger partial charge in [-0.1, -0.05) is 6.07 Å². The summed E-state index contributed by atoms with van der Waals surface area (Å²) in [6.07, 6.45) is 3.51. The number of furan rings is 1. The molecule has 6 nitrogen and oxygen atoms in total. The van der Waals surface area contributed by atoms with Gasteiger partial charge in [-0.3, -0.25) is 0 Å². The zero-order valence-corrected chi connectivity index (χ0v) is 14.0. The van der Waals surface area contributed by atoms with E-state index in [1.54, 1.807) is 20.5 Å². The summed E-state index contributed by atoms with van der Waals surface area (Å²) in [6.45, 7) is 1.13. The SMILES string of the molecule is COc1ccc([C@@H]2CCCN2C(=O)NCc2ccco2)cc1OC. The van der Waals surface area contributed by atoms with Gasteiger partial charge in [-0.2, -0.15) is 0 Å². The van der Waals surface area contributed by atoms with E-state index >= 15 is 0 Å². The van der Waals surface area contributed by atoms with E-state index < -0.39 is 0 Å². The Morgan fingerprint density at radius 3 is 2.83 bits per heavy atom. The average molecular weight is 330 g/mol. The molecule has 24 heavy (non-hydrogen) atoms. The molecule has 0 radical (unpaired) electrons. The standard InChI is InChI=1S/C18H22N2O4/c1-22-16-8-7-13(11-17(16)23-2)15-6-3-9-20(15)18(21)19-12-14-5-4-10-24-14/h4-5,7-8,10-11,15H,3,6,9,12H2,1-2H3,(H,19,21)/t15-/m0/s1. The first-order valence-corrected chi connectivity index (χ1v) is 8.01. The van der Waals surface area contributed by atoms with Crippen LogP contribution in [-0.2, 0) is 6.54 Å². The number of urea groups is 1. The Bertz CT molecular complexity index is 684. The van der Waals surface area contributed by atoms with Crippen LogP contribution in [-0.4, -0.2) is 31.7 Å². The van der Waals surface area contributed by atoms with Crippen molar-refractivity contribution in [1.82, 2.24) is 10.2 Å². The van der Waals surface area contributed by atoms with Crippen LogP contribution in [0.2, 0.25) is 0 Å². The molecule has 2 heterocycles. The molecule has 1 aromatic carbocycles. The summed E-state index contributed by atoms with van der Waals surface area (Å²) in [5.74, 6) is 2.11. The average Bonchev–Trinajstić information content (AvgIpc) is 3.30. The lowest BCUT2D eigenvalue weighted by Crippen LogP contribution is -2.39. The second-order valence-electron chi connectivity index (χ2n) is 5.70. The fraction of sp³-hybridized carbons (Fsp3) is 0.389. The van der Waals surface area contributed by atoms with Gasteiger partial charge in [0.25, 0.3) is 0 Å². The smallest absolute Gasteiger partial charge is 0.318 e. The van der Waals surface area contributed by atoms with Crippen LogP contribution in [0, 0.1) is 0 Å². The molecule has 1 fully saturated rings. The lowest BCUT2D eigenvalue weighted by atomic mass is 10.0. The van der Waals surface area contributed by atoms with Crippen LogP contribution in [0.3, 0.4) is 0 Å². The summed E-state index contributed by atoms with van der Waals surface area (Å²) in [5.41, 5.74) is 1.05. The highest BCUT2D eigenvalue weighted by Gasteiger charge is 2.30. The Morgan fingerprint density at radius 1 is 1.29 bits per heavy atom. The van der Waals surface area contributed by atoms with Gasteiger partial charge in [-0.25, -0.2) is 4.79 Å². The lowest BCUT2D eigenvalue weighted by Gasteiger charge is -2.25. The molecule has 2 aromatic rings. The molecule has 1 saturated heterocycles. The summed E-state index contributed by atoms with van der Waals surface area (Å²) in [6, 6.07) is 9.43. The maximum absolute atomic E-state index is 12.5. The van der Waals surface area contributed by atoms with Crippen molar-refractivity contribution < 1.29 is 18.7 Å². The predicted molar refractivity (Wildman–Crippen MR) is 89.2 cm³/mol. The first-order chi connectivity index (χ1) is 11.7. The number of hydrogen-bond acceptors (Lipinski definition) is 4. The number of likely N-dealkylation sites (tertiary alicyclic amines) is 1. The topological polar surface area (TPSA) is 63.9 Å². The number of nitrogens with zero attached hydrogens (tertiary/aromatic N) is 1. The van der Waals surface area contributed by atoms with Crippen LogP contribution < -0.4 is 14.8 Å². The summed E-state index contributed by atoms with van der Waals surface area (Å²) in [5, 5.41) is 2.92. The largest absolute Gasteiger partial charge is 0.493 e. The van der Waals surface area contributed by atoms with Gasteiger partial charge in [0.15, 0.2) is 11.5 Å². The molecule has 0 spiro atoms. The molecule has 2 amide bonds. The van der Waals surface area contributed by atoms with Crippen molar-refractivity contribution in [2.24, 2.45) is 0 Å². The van der Waals surface area contributed by atoms with Crippen molar-refractivity contribution >= 4 is 6.03 Å². The second-order valence-corrected chi connectivity index (χ2v) is 5.70. The minimum Gasteiger partial charge on any atom is -0.493 e. The number of hydrogen-bond donors (Lipinski definition) is 1. The minimum atomic E-state index is -0.0799. The van der Waals surface area contributed by atoms with Crippen molar-refractivity contribution in [3.8, 4) is 11.5 Å². The van der Waals surface area contributed by atoms with Gasteiger partial charge < -0.3 is 24.1 Å². The number of methoxy groups -OCH3 is 2. The predicted octanol–water partition coefficient (Wildman–Crippen LogP) is 3.34. The molecule has 0 aliphatic carbocycles. The number of ether oxygens (including phenoxy) is 2. The van der Waals surface area contributed by atoms with Gasteiger partial charge in [-0.05, 0) is 42.7 Å². The summed E-state index contributed by atoms with van der Waals surface area (Å²) >= 11 is 0. The lowest BCUT2D eigenvalue weighted by molar-refractivity contribution is 0.191. The molecule has 1 aliphatic heterocycles. The summed E-state index contributed by atoms with van der Waals surface area (Å²) in [4.78, 5) is 14.4. The quantitative estimate of drug-likeness (QED) is 0.913. The first kappa shape index (κ1) is 16.2. The molecule has 6 heteroatoms. The number of benzene rings is 1. The summed E-state index contributed by atoms with van der Waals surface area (Å²) in [7, 11) is 3.23. The fourth-order valence-electron chi connectivity index (χ4n) is 3.09. The summed E-state index contributed by atoms with van der Waals surface area (Å²) < 4.78 is 15.9. The number of nitrogens with one attached hydrogen (secondary N) is 1. The first-order valence-electron chi connectivity index (χ1n) is 8.01. The number of rotatable bonds is 5. The third kappa shape index (κ3) is 3.32. The van der Waals surface area contributed by atoms with Gasteiger partial charge in [0.1, 0.15) is 5.76 Å².